The average Bonchev–Trinajstić information content (AvgIpc) is 3.00. The Morgan fingerprint density at radius 3 is 2.44 bits per heavy atom. The first-order valence-electron chi connectivity index (χ1n) is 7.11. The first kappa shape index (κ1) is 20.3. The van der Waals surface area contributed by atoms with E-state index in [0.717, 1.165) is 0 Å². The number of hydrogen-bond acceptors (Lipinski definition) is 9. The Morgan fingerprint density at radius 2 is 1.96 bits per heavy atom. The fourth-order valence-electron chi connectivity index (χ4n) is 1.75. The Kier molecular flexibility index (Phi) is 7.22. The number of nitrogens with one attached hydrogen (secondary N) is 2. The van der Waals surface area contributed by atoms with Gasteiger partial charge in [0.1, 0.15) is 6.04 Å². The fraction of sp³-hybridized carbons (Fsp3) is 0.583. The third kappa shape index (κ3) is 5.98. The minimum atomic E-state index is -1.57. The van der Waals surface area contributed by atoms with Crippen LogP contribution in [0.15, 0.2) is 4.52 Å². The number of nitrogens with zero attached hydrogens (tertiary/aromatic N) is 2. The van der Waals surface area contributed by atoms with E-state index in [-0.39, 0.29) is 11.7 Å². The standard InChI is InChI=1S/C12H20N6O7/c1-4(20)8(11(22)23)16-12(24)15-6(2-7(14)21)10-17-9(18-25-10)5(13)3-19/h4-6,8,19-20H,2-3,13H2,1H3,(H2,14,21)(H,22,23)(H2,15,16,24)/t4-,5-,6+,8?/m0/s1. The number of amides is 3. The van der Waals surface area contributed by atoms with Crippen LogP contribution in [0.4, 0.5) is 4.79 Å². The van der Waals surface area contributed by atoms with Gasteiger partial charge in [-0.15, -0.1) is 0 Å². The molecule has 140 valence electrons. The first-order valence-corrected chi connectivity index (χ1v) is 7.11. The third-order valence-electron chi connectivity index (χ3n) is 3.03. The molecular weight excluding hydrogens is 340 g/mol. The van der Waals surface area contributed by atoms with Gasteiger partial charge < -0.3 is 41.9 Å². The second-order valence-electron chi connectivity index (χ2n) is 5.18. The third-order valence-corrected chi connectivity index (χ3v) is 3.03. The van der Waals surface area contributed by atoms with Gasteiger partial charge in [0, 0.05) is 0 Å². The lowest BCUT2D eigenvalue weighted by atomic mass is 10.2. The first-order chi connectivity index (χ1) is 11.6. The molecule has 1 aromatic heterocycles. The van der Waals surface area contributed by atoms with E-state index in [1.807, 2.05) is 5.32 Å². The average molecular weight is 360 g/mol. The van der Waals surface area contributed by atoms with Gasteiger partial charge in [0.15, 0.2) is 11.9 Å². The minimum Gasteiger partial charge on any atom is -0.480 e. The van der Waals surface area contributed by atoms with Crippen LogP contribution in [-0.2, 0) is 9.59 Å². The molecule has 1 unspecified atom stereocenters. The van der Waals surface area contributed by atoms with Crippen molar-refractivity contribution in [1.82, 2.24) is 20.8 Å². The number of carboxylic acids is 1. The number of hydrogen-bond donors (Lipinski definition) is 7. The predicted octanol–water partition coefficient (Wildman–Crippen LogP) is -2.89. The summed E-state index contributed by atoms with van der Waals surface area (Å²) in [6, 6.07) is -4.67. The number of primary amides is 1. The Bertz CT molecular complexity index is 619. The number of nitrogens with two attached hydrogens (primary N) is 2. The summed E-state index contributed by atoms with van der Waals surface area (Å²) in [5, 5.41) is 35.0. The summed E-state index contributed by atoms with van der Waals surface area (Å²) in [5.74, 6) is -2.52. The van der Waals surface area contributed by atoms with E-state index in [9.17, 15) is 19.5 Å². The van der Waals surface area contributed by atoms with Crippen molar-refractivity contribution in [2.75, 3.05) is 6.61 Å². The number of aliphatic hydroxyl groups is 2. The number of urea groups is 1. The second kappa shape index (κ2) is 8.91. The molecule has 0 bridgehead atoms. The number of rotatable bonds is 9. The van der Waals surface area contributed by atoms with Gasteiger partial charge >= 0.3 is 12.0 Å². The summed E-state index contributed by atoms with van der Waals surface area (Å²) in [7, 11) is 0. The molecule has 4 atom stereocenters. The van der Waals surface area contributed by atoms with Crippen LogP contribution in [0.2, 0.25) is 0 Å². The highest BCUT2D eigenvalue weighted by Crippen LogP contribution is 2.16. The van der Waals surface area contributed by atoms with Crippen LogP contribution in [0.5, 0.6) is 0 Å². The molecule has 13 nitrogen and oxygen atoms in total. The lowest BCUT2D eigenvalue weighted by Gasteiger charge is -2.19. The van der Waals surface area contributed by atoms with E-state index in [4.69, 9.17) is 26.2 Å². The van der Waals surface area contributed by atoms with Crippen molar-refractivity contribution in [3.05, 3.63) is 11.7 Å². The van der Waals surface area contributed by atoms with Crippen molar-refractivity contribution in [3.8, 4) is 0 Å². The molecule has 0 saturated carbocycles. The summed E-state index contributed by atoms with van der Waals surface area (Å²) in [6.07, 6.45) is -1.79. The molecule has 13 heteroatoms. The lowest BCUT2D eigenvalue weighted by molar-refractivity contribution is -0.141. The fourth-order valence-corrected chi connectivity index (χ4v) is 1.75. The van der Waals surface area contributed by atoms with Crippen LogP contribution >= 0.6 is 0 Å². The molecule has 0 radical (unpaired) electrons. The molecule has 1 aromatic rings. The van der Waals surface area contributed by atoms with Crippen molar-refractivity contribution < 1.29 is 34.2 Å². The van der Waals surface area contributed by atoms with E-state index < -0.39 is 55.2 Å². The lowest BCUT2D eigenvalue weighted by Crippen LogP contribution is -2.52. The van der Waals surface area contributed by atoms with E-state index >= 15 is 0 Å². The van der Waals surface area contributed by atoms with E-state index in [1.54, 1.807) is 0 Å². The summed E-state index contributed by atoms with van der Waals surface area (Å²) in [4.78, 5) is 37.9. The number of carbonyl (C=O) groups is 3. The van der Waals surface area contributed by atoms with Gasteiger partial charge in [0.2, 0.25) is 11.8 Å². The molecule has 0 spiro atoms. The highest BCUT2D eigenvalue weighted by atomic mass is 16.5. The molecule has 1 heterocycles. The molecule has 0 aliphatic carbocycles. The zero-order valence-corrected chi connectivity index (χ0v) is 13.2. The largest absolute Gasteiger partial charge is 0.480 e. The smallest absolute Gasteiger partial charge is 0.328 e. The van der Waals surface area contributed by atoms with Gasteiger partial charge in [0.05, 0.1) is 25.2 Å². The van der Waals surface area contributed by atoms with Crippen LogP contribution in [0, 0.1) is 0 Å². The molecular formula is C12H20N6O7. The number of aromatic nitrogens is 2. The summed E-state index contributed by atoms with van der Waals surface area (Å²) in [5.41, 5.74) is 10.6. The maximum Gasteiger partial charge on any atom is 0.328 e. The van der Waals surface area contributed by atoms with Crippen molar-refractivity contribution in [2.24, 2.45) is 11.5 Å². The molecule has 0 aliphatic rings. The SMILES string of the molecule is C[C@H](O)C(NC(=O)N[C@H](CC(N)=O)c1nc([C@@H](N)CO)no1)C(=O)O. The molecule has 0 saturated heterocycles. The number of aliphatic hydroxyl groups excluding tert-OH is 2. The number of aliphatic carboxylic acids is 1. The van der Waals surface area contributed by atoms with Crippen molar-refractivity contribution in [3.63, 3.8) is 0 Å². The minimum absolute atomic E-state index is 0.0541. The van der Waals surface area contributed by atoms with Gasteiger partial charge in [-0.05, 0) is 6.92 Å². The Labute approximate surface area is 141 Å². The monoisotopic (exact) mass is 360 g/mol. The normalized spacial score (nSPS) is 15.7. The quantitative estimate of drug-likeness (QED) is 0.238. The van der Waals surface area contributed by atoms with Gasteiger partial charge in [-0.3, -0.25) is 4.79 Å². The van der Waals surface area contributed by atoms with Crippen molar-refractivity contribution in [2.45, 2.75) is 37.6 Å². The Balaban J connectivity index is 2.89. The van der Waals surface area contributed by atoms with Gasteiger partial charge in [-0.1, -0.05) is 5.16 Å². The summed E-state index contributed by atoms with van der Waals surface area (Å²) in [6.45, 7) is 0.725. The van der Waals surface area contributed by atoms with Crippen molar-refractivity contribution >= 4 is 17.9 Å². The van der Waals surface area contributed by atoms with Crippen molar-refractivity contribution in [1.29, 1.82) is 0 Å². The van der Waals surface area contributed by atoms with Crippen LogP contribution in [0.3, 0.4) is 0 Å². The summed E-state index contributed by atoms with van der Waals surface area (Å²) < 4.78 is 4.88. The van der Waals surface area contributed by atoms with Crippen LogP contribution < -0.4 is 22.1 Å². The molecule has 3 amide bonds. The molecule has 0 aromatic carbocycles. The molecule has 25 heavy (non-hydrogen) atoms. The molecule has 0 fully saturated rings. The zero-order valence-electron chi connectivity index (χ0n) is 13.2. The highest BCUT2D eigenvalue weighted by Gasteiger charge is 2.29. The predicted molar refractivity (Wildman–Crippen MR) is 79.6 cm³/mol. The van der Waals surface area contributed by atoms with Gasteiger partial charge in [0.25, 0.3) is 0 Å². The highest BCUT2D eigenvalue weighted by molar-refractivity contribution is 5.83. The van der Waals surface area contributed by atoms with Gasteiger partial charge in [-0.25, -0.2) is 9.59 Å². The van der Waals surface area contributed by atoms with E-state index in [0.29, 0.717) is 0 Å². The maximum absolute atomic E-state index is 11.9. The number of carboxylic acid groups (broad SMARTS) is 1. The van der Waals surface area contributed by atoms with E-state index in [1.165, 1.54) is 6.92 Å². The Morgan fingerprint density at radius 1 is 1.32 bits per heavy atom. The van der Waals surface area contributed by atoms with Crippen LogP contribution in [0.1, 0.15) is 37.1 Å². The maximum atomic E-state index is 11.9. The van der Waals surface area contributed by atoms with Gasteiger partial charge in [-0.2, -0.15) is 4.98 Å². The number of carbonyl (C=O) groups excluding carboxylic acids is 2. The van der Waals surface area contributed by atoms with Crippen LogP contribution in [0.25, 0.3) is 0 Å². The Hall–Kier alpha value is -2.77. The topological polar surface area (TPSA) is 227 Å². The summed E-state index contributed by atoms with van der Waals surface area (Å²) >= 11 is 0. The van der Waals surface area contributed by atoms with Crippen LogP contribution in [-0.4, -0.2) is 62.1 Å². The second-order valence-corrected chi connectivity index (χ2v) is 5.18. The van der Waals surface area contributed by atoms with E-state index in [2.05, 4.69) is 15.5 Å². The molecule has 1 rings (SSSR count). The molecule has 9 N–H and O–H groups in total. The zero-order chi connectivity index (χ0) is 19.1. The molecule has 0 aliphatic heterocycles.